The van der Waals surface area contributed by atoms with Crippen LogP contribution in [0.4, 0.5) is 0 Å². The minimum absolute atomic E-state index is 0.200. The fraction of sp³-hybridized carbons (Fsp3) is 0.417. The molecule has 0 amide bonds. The quantitative estimate of drug-likeness (QED) is 0.788. The summed E-state index contributed by atoms with van der Waals surface area (Å²) in [6.07, 6.45) is 0.772. The standard InChI is InChI=1S/C12H13NOS/c1-9-12(14,5-6-15-9)11-4-2-3-10(7-11)8-13/h2-4,7,9,14H,5-6H2,1H3/t9-,12-/m1/s1. The van der Waals surface area contributed by atoms with Gasteiger partial charge in [0.2, 0.25) is 0 Å². The van der Waals surface area contributed by atoms with Crippen molar-refractivity contribution in [2.45, 2.75) is 24.2 Å². The molecule has 1 saturated heterocycles. The van der Waals surface area contributed by atoms with Crippen molar-refractivity contribution in [2.24, 2.45) is 0 Å². The fourth-order valence-corrected chi connectivity index (χ4v) is 3.28. The van der Waals surface area contributed by atoms with Crippen LogP contribution < -0.4 is 0 Å². The van der Waals surface area contributed by atoms with E-state index in [-0.39, 0.29) is 5.25 Å². The predicted molar refractivity (Wildman–Crippen MR) is 61.6 cm³/mol. The van der Waals surface area contributed by atoms with E-state index in [9.17, 15) is 5.11 Å². The molecule has 1 fully saturated rings. The van der Waals surface area contributed by atoms with Crippen LogP contribution in [0.1, 0.15) is 24.5 Å². The van der Waals surface area contributed by atoms with Crippen LogP contribution in [0.15, 0.2) is 24.3 Å². The minimum atomic E-state index is -0.752. The van der Waals surface area contributed by atoms with E-state index in [4.69, 9.17) is 5.26 Å². The molecule has 3 heteroatoms. The van der Waals surface area contributed by atoms with Crippen LogP contribution in [0.2, 0.25) is 0 Å². The lowest BCUT2D eigenvalue weighted by Crippen LogP contribution is -2.31. The smallest absolute Gasteiger partial charge is 0.102 e. The Balaban J connectivity index is 2.41. The summed E-state index contributed by atoms with van der Waals surface area (Å²) in [5.74, 6) is 0.981. The molecule has 15 heavy (non-hydrogen) atoms. The third kappa shape index (κ3) is 1.75. The van der Waals surface area contributed by atoms with Crippen LogP contribution in [0.25, 0.3) is 0 Å². The van der Waals surface area contributed by atoms with Gasteiger partial charge in [0.15, 0.2) is 0 Å². The van der Waals surface area contributed by atoms with E-state index in [1.807, 2.05) is 19.1 Å². The molecular weight excluding hydrogens is 206 g/mol. The van der Waals surface area contributed by atoms with Crippen molar-refractivity contribution in [3.05, 3.63) is 35.4 Å². The number of nitriles is 1. The van der Waals surface area contributed by atoms with Gasteiger partial charge < -0.3 is 5.11 Å². The van der Waals surface area contributed by atoms with Gasteiger partial charge in [-0.25, -0.2) is 0 Å². The second-order valence-electron chi connectivity index (χ2n) is 3.88. The zero-order chi connectivity index (χ0) is 10.9. The maximum atomic E-state index is 10.5. The molecule has 2 nitrogen and oxygen atoms in total. The molecule has 0 unspecified atom stereocenters. The Labute approximate surface area is 93.9 Å². The van der Waals surface area contributed by atoms with Crippen molar-refractivity contribution in [3.8, 4) is 6.07 Å². The fourth-order valence-electron chi connectivity index (χ4n) is 1.97. The molecule has 2 atom stereocenters. The molecule has 0 saturated carbocycles. The first kappa shape index (κ1) is 10.5. The number of hydrogen-bond acceptors (Lipinski definition) is 3. The van der Waals surface area contributed by atoms with Crippen LogP contribution >= 0.6 is 11.8 Å². The van der Waals surface area contributed by atoms with Crippen molar-refractivity contribution in [1.82, 2.24) is 0 Å². The van der Waals surface area contributed by atoms with Crippen molar-refractivity contribution in [3.63, 3.8) is 0 Å². The van der Waals surface area contributed by atoms with E-state index in [1.54, 1.807) is 23.9 Å². The van der Waals surface area contributed by atoms with Crippen molar-refractivity contribution >= 4 is 11.8 Å². The SMILES string of the molecule is C[C@H]1SCC[C@]1(O)c1cccc(C#N)c1. The van der Waals surface area contributed by atoms with Gasteiger partial charge in [0.1, 0.15) is 5.60 Å². The lowest BCUT2D eigenvalue weighted by Gasteiger charge is -2.27. The third-order valence-electron chi connectivity index (χ3n) is 3.02. The largest absolute Gasteiger partial charge is 0.384 e. The van der Waals surface area contributed by atoms with Crippen LogP contribution in [0, 0.1) is 11.3 Å². The molecule has 1 aromatic rings. The van der Waals surface area contributed by atoms with Crippen LogP contribution in [-0.4, -0.2) is 16.1 Å². The molecule has 0 bridgehead atoms. The highest BCUT2D eigenvalue weighted by Crippen LogP contribution is 2.42. The maximum absolute atomic E-state index is 10.5. The van der Waals surface area contributed by atoms with Crippen molar-refractivity contribution < 1.29 is 5.11 Å². The van der Waals surface area contributed by atoms with Gasteiger partial charge >= 0.3 is 0 Å². The first-order valence-corrected chi connectivity index (χ1v) is 6.06. The normalized spacial score (nSPS) is 30.1. The molecule has 1 N–H and O–H groups in total. The zero-order valence-corrected chi connectivity index (χ0v) is 9.42. The molecule has 1 aromatic carbocycles. The molecule has 2 rings (SSSR count). The average Bonchev–Trinajstić information content (AvgIpc) is 2.61. The number of benzene rings is 1. The summed E-state index contributed by atoms with van der Waals surface area (Å²) < 4.78 is 0. The second kappa shape index (κ2) is 3.88. The first-order valence-electron chi connectivity index (χ1n) is 5.01. The number of hydrogen-bond donors (Lipinski definition) is 1. The van der Waals surface area contributed by atoms with Crippen LogP contribution in [0.5, 0.6) is 0 Å². The molecule has 78 valence electrons. The number of thioether (sulfide) groups is 1. The molecule has 1 aliphatic rings. The van der Waals surface area contributed by atoms with E-state index in [0.717, 1.165) is 17.7 Å². The Morgan fingerprint density at radius 1 is 1.60 bits per heavy atom. The first-order chi connectivity index (χ1) is 7.16. The van der Waals surface area contributed by atoms with Gasteiger partial charge in [-0.3, -0.25) is 0 Å². The van der Waals surface area contributed by atoms with Gasteiger partial charge in [-0.1, -0.05) is 19.1 Å². The number of aliphatic hydroxyl groups is 1. The highest BCUT2D eigenvalue weighted by atomic mass is 32.2. The molecule has 1 aliphatic heterocycles. The minimum Gasteiger partial charge on any atom is -0.384 e. The van der Waals surface area contributed by atoms with Crippen LogP contribution in [-0.2, 0) is 5.60 Å². The zero-order valence-electron chi connectivity index (χ0n) is 8.60. The summed E-state index contributed by atoms with van der Waals surface area (Å²) in [7, 11) is 0. The Morgan fingerprint density at radius 2 is 2.40 bits per heavy atom. The molecule has 0 aromatic heterocycles. The molecule has 1 heterocycles. The van der Waals surface area contributed by atoms with E-state index in [1.165, 1.54) is 0 Å². The highest BCUT2D eigenvalue weighted by Gasteiger charge is 2.40. The van der Waals surface area contributed by atoms with E-state index < -0.39 is 5.60 Å². The lowest BCUT2D eigenvalue weighted by atomic mass is 9.88. The van der Waals surface area contributed by atoms with Gasteiger partial charge in [-0.15, -0.1) is 0 Å². The second-order valence-corrected chi connectivity index (χ2v) is 5.33. The van der Waals surface area contributed by atoms with E-state index >= 15 is 0 Å². The molecular formula is C12H13NOS. The number of rotatable bonds is 1. The summed E-state index contributed by atoms with van der Waals surface area (Å²) in [5.41, 5.74) is 0.737. The van der Waals surface area contributed by atoms with Gasteiger partial charge in [-0.2, -0.15) is 17.0 Å². The predicted octanol–water partition coefficient (Wildman–Crippen LogP) is 2.27. The number of nitrogens with zero attached hydrogens (tertiary/aromatic N) is 1. The summed E-state index contributed by atoms with van der Waals surface area (Å²) >= 11 is 1.78. The Kier molecular flexibility index (Phi) is 2.72. The molecule has 0 aliphatic carbocycles. The van der Waals surface area contributed by atoms with E-state index in [0.29, 0.717) is 5.56 Å². The summed E-state index contributed by atoms with van der Waals surface area (Å²) in [5, 5.41) is 19.5. The molecule has 0 radical (unpaired) electrons. The molecule has 0 spiro atoms. The Morgan fingerprint density at radius 3 is 3.00 bits per heavy atom. The Hall–Kier alpha value is -0.980. The third-order valence-corrected chi connectivity index (χ3v) is 4.34. The van der Waals surface area contributed by atoms with Gasteiger partial charge in [0, 0.05) is 5.25 Å². The highest BCUT2D eigenvalue weighted by molar-refractivity contribution is 8.00. The summed E-state index contributed by atoms with van der Waals surface area (Å²) in [6, 6.07) is 9.40. The van der Waals surface area contributed by atoms with E-state index in [2.05, 4.69) is 6.07 Å². The van der Waals surface area contributed by atoms with Crippen molar-refractivity contribution in [2.75, 3.05) is 5.75 Å². The monoisotopic (exact) mass is 219 g/mol. The average molecular weight is 219 g/mol. The Bertz CT molecular complexity index is 412. The van der Waals surface area contributed by atoms with Gasteiger partial charge in [0.25, 0.3) is 0 Å². The maximum Gasteiger partial charge on any atom is 0.102 e. The van der Waals surface area contributed by atoms with Crippen molar-refractivity contribution in [1.29, 1.82) is 5.26 Å². The lowest BCUT2D eigenvalue weighted by molar-refractivity contribution is 0.0427. The summed E-state index contributed by atoms with van der Waals surface area (Å²) in [6.45, 7) is 2.04. The van der Waals surface area contributed by atoms with Gasteiger partial charge in [-0.05, 0) is 29.9 Å². The summed E-state index contributed by atoms with van der Waals surface area (Å²) in [4.78, 5) is 0. The van der Waals surface area contributed by atoms with Gasteiger partial charge in [0.05, 0.1) is 11.6 Å². The van der Waals surface area contributed by atoms with Crippen LogP contribution in [0.3, 0.4) is 0 Å². The topological polar surface area (TPSA) is 44.0 Å².